The molecular formula is C9H12O2S2. The third kappa shape index (κ3) is 2.25. The fraction of sp³-hybridized carbons (Fsp3) is 0.333. The third-order valence-electron chi connectivity index (χ3n) is 1.86. The van der Waals surface area contributed by atoms with Gasteiger partial charge in [-0.2, -0.15) is 0 Å². The van der Waals surface area contributed by atoms with E-state index in [-0.39, 0.29) is 0 Å². The van der Waals surface area contributed by atoms with Crippen LogP contribution in [0.4, 0.5) is 0 Å². The predicted molar refractivity (Wildman–Crippen MR) is 56.8 cm³/mol. The fourth-order valence-electron chi connectivity index (χ4n) is 1.57. The van der Waals surface area contributed by atoms with Crippen LogP contribution < -0.4 is 0 Å². The molecule has 13 heavy (non-hydrogen) atoms. The predicted octanol–water partition coefficient (Wildman–Crippen LogP) is 2.23. The topological polar surface area (TPSA) is 34.1 Å². The number of hydrogen-bond donors (Lipinski definition) is 1. The van der Waals surface area contributed by atoms with Crippen LogP contribution in [-0.4, -0.2) is 8.42 Å². The van der Waals surface area contributed by atoms with Crippen LogP contribution in [0.2, 0.25) is 0 Å². The maximum Gasteiger partial charge on any atom is 0.227 e. The van der Waals surface area contributed by atoms with E-state index in [9.17, 15) is 8.42 Å². The second kappa shape index (κ2) is 3.35. The molecule has 1 rings (SSSR count). The first-order chi connectivity index (χ1) is 5.82. The summed E-state index contributed by atoms with van der Waals surface area (Å²) in [6.45, 7) is 5.50. The van der Waals surface area contributed by atoms with Crippen LogP contribution in [0.3, 0.4) is 0 Å². The van der Waals surface area contributed by atoms with Crippen molar-refractivity contribution in [3.8, 4) is 0 Å². The van der Waals surface area contributed by atoms with Gasteiger partial charge in [-0.25, -0.2) is 8.42 Å². The number of thiol groups is 1. The summed E-state index contributed by atoms with van der Waals surface area (Å²) in [5.74, 6) is 0. The Balaban J connectivity index is 3.57. The van der Waals surface area contributed by atoms with Crippen molar-refractivity contribution in [2.24, 2.45) is 0 Å². The molecule has 72 valence electrons. The van der Waals surface area contributed by atoms with E-state index in [0.29, 0.717) is 4.90 Å². The molecule has 0 N–H and O–H groups in total. The molecule has 0 fully saturated rings. The molecule has 0 radical (unpaired) electrons. The van der Waals surface area contributed by atoms with Gasteiger partial charge in [0.25, 0.3) is 0 Å². The van der Waals surface area contributed by atoms with E-state index in [1.165, 1.54) is 0 Å². The molecule has 0 aliphatic rings. The Labute approximate surface area is 83.7 Å². The molecule has 0 unspecified atom stereocenters. The monoisotopic (exact) mass is 216 g/mol. The molecule has 2 nitrogen and oxygen atoms in total. The van der Waals surface area contributed by atoms with Gasteiger partial charge in [0, 0.05) is 0 Å². The first-order valence-corrected chi connectivity index (χ1v) is 6.41. The second-order valence-corrected chi connectivity index (χ2v) is 6.00. The minimum Gasteiger partial charge on any atom is -0.212 e. The van der Waals surface area contributed by atoms with E-state index >= 15 is 0 Å². The lowest BCUT2D eigenvalue weighted by molar-refractivity contribution is 0.609. The van der Waals surface area contributed by atoms with E-state index in [0.717, 1.165) is 16.7 Å². The number of hydrogen-bond acceptors (Lipinski definition) is 2. The lowest BCUT2D eigenvalue weighted by Crippen LogP contribution is -1.98. The average molecular weight is 216 g/mol. The van der Waals surface area contributed by atoms with Crippen LogP contribution in [0, 0.1) is 20.8 Å². The Morgan fingerprint density at radius 1 is 1.08 bits per heavy atom. The lowest BCUT2D eigenvalue weighted by atomic mass is 10.1. The molecule has 0 atom stereocenters. The zero-order chi connectivity index (χ0) is 10.2. The average Bonchev–Trinajstić information content (AvgIpc) is 1.78. The zero-order valence-corrected chi connectivity index (χ0v) is 9.54. The Hall–Kier alpha value is -0.480. The summed E-state index contributed by atoms with van der Waals surface area (Å²) in [5.41, 5.74) is 2.58. The van der Waals surface area contributed by atoms with E-state index in [1.54, 1.807) is 13.8 Å². The van der Waals surface area contributed by atoms with Gasteiger partial charge in [-0.3, -0.25) is 0 Å². The van der Waals surface area contributed by atoms with Gasteiger partial charge in [-0.05, 0) is 43.6 Å². The molecule has 0 saturated heterocycles. The fourth-order valence-corrected chi connectivity index (χ4v) is 3.37. The SMILES string of the molecule is Cc1cc(C)c(S(=O)(=O)S)c(C)c1. The summed E-state index contributed by atoms with van der Waals surface area (Å²) in [6, 6.07) is 3.69. The Morgan fingerprint density at radius 3 is 1.77 bits per heavy atom. The highest BCUT2D eigenvalue weighted by Gasteiger charge is 2.14. The van der Waals surface area contributed by atoms with Crippen molar-refractivity contribution in [1.82, 2.24) is 0 Å². The van der Waals surface area contributed by atoms with E-state index in [4.69, 9.17) is 0 Å². The first-order valence-electron chi connectivity index (χ1n) is 3.87. The molecule has 0 spiro atoms. The van der Waals surface area contributed by atoms with Gasteiger partial charge in [0.1, 0.15) is 0 Å². The standard InChI is InChI=1S/C9H12O2S2/c1-6-4-7(2)9(8(3)5-6)13(10,11)12/h4-5H,1-3H3,(H,10,11,12). The van der Waals surface area contributed by atoms with Gasteiger partial charge in [-0.15, -0.1) is 0 Å². The number of benzene rings is 1. The van der Waals surface area contributed by atoms with Crippen molar-refractivity contribution < 1.29 is 8.42 Å². The minimum absolute atomic E-state index is 0.335. The lowest BCUT2D eigenvalue weighted by Gasteiger charge is -2.07. The van der Waals surface area contributed by atoms with Gasteiger partial charge in [0.05, 0.1) is 4.90 Å². The summed E-state index contributed by atoms with van der Waals surface area (Å²) in [4.78, 5) is 0.335. The van der Waals surface area contributed by atoms with E-state index < -0.39 is 8.87 Å². The van der Waals surface area contributed by atoms with Crippen LogP contribution in [0.5, 0.6) is 0 Å². The second-order valence-electron chi connectivity index (χ2n) is 3.20. The quantitative estimate of drug-likeness (QED) is 0.577. The van der Waals surface area contributed by atoms with Crippen molar-refractivity contribution in [1.29, 1.82) is 0 Å². The molecule has 4 heteroatoms. The van der Waals surface area contributed by atoms with Crippen molar-refractivity contribution in [3.05, 3.63) is 28.8 Å². The third-order valence-corrected chi connectivity index (χ3v) is 3.57. The normalized spacial score (nSPS) is 11.7. The summed E-state index contributed by atoms with van der Waals surface area (Å²) >= 11 is 3.59. The van der Waals surface area contributed by atoms with E-state index in [1.807, 2.05) is 19.1 Å². The van der Waals surface area contributed by atoms with Crippen molar-refractivity contribution >= 4 is 20.5 Å². The van der Waals surface area contributed by atoms with Crippen molar-refractivity contribution in [2.75, 3.05) is 0 Å². The highest BCUT2D eigenvalue weighted by molar-refractivity contribution is 8.63. The van der Waals surface area contributed by atoms with Crippen LogP contribution in [0.15, 0.2) is 17.0 Å². The van der Waals surface area contributed by atoms with Crippen molar-refractivity contribution in [3.63, 3.8) is 0 Å². The Morgan fingerprint density at radius 2 is 1.46 bits per heavy atom. The highest BCUT2D eigenvalue weighted by atomic mass is 33.1. The molecule has 0 aliphatic carbocycles. The largest absolute Gasteiger partial charge is 0.227 e. The van der Waals surface area contributed by atoms with Gasteiger partial charge < -0.3 is 0 Å². The molecule has 0 heterocycles. The van der Waals surface area contributed by atoms with Gasteiger partial charge in [0.2, 0.25) is 8.87 Å². The number of aryl methyl sites for hydroxylation is 3. The minimum atomic E-state index is -3.39. The van der Waals surface area contributed by atoms with Gasteiger partial charge >= 0.3 is 0 Å². The Kier molecular flexibility index (Phi) is 2.73. The molecule has 0 aromatic heterocycles. The molecular weight excluding hydrogens is 204 g/mol. The maximum absolute atomic E-state index is 11.3. The van der Waals surface area contributed by atoms with Crippen molar-refractivity contribution in [2.45, 2.75) is 25.7 Å². The molecule has 0 saturated carbocycles. The summed E-state index contributed by atoms with van der Waals surface area (Å²) in [5, 5.41) is 0. The maximum atomic E-state index is 11.3. The first kappa shape index (κ1) is 10.6. The molecule has 1 aromatic rings. The van der Waals surface area contributed by atoms with Gasteiger partial charge in [0.15, 0.2) is 0 Å². The van der Waals surface area contributed by atoms with Crippen LogP contribution in [-0.2, 0) is 8.87 Å². The number of rotatable bonds is 1. The summed E-state index contributed by atoms with van der Waals surface area (Å²) in [7, 11) is -3.39. The smallest absolute Gasteiger partial charge is 0.212 e. The molecule has 0 bridgehead atoms. The highest BCUT2D eigenvalue weighted by Crippen LogP contribution is 2.24. The van der Waals surface area contributed by atoms with Crippen LogP contribution in [0.1, 0.15) is 16.7 Å². The van der Waals surface area contributed by atoms with Crippen LogP contribution in [0.25, 0.3) is 0 Å². The summed E-state index contributed by atoms with van der Waals surface area (Å²) < 4.78 is 22.5. The molecule has 0 amide bonds. The molecule has 0 aliphatic heterocycles. The summed E-state index contributed by atoms with van der Waals surface area (Å²) in [6.07, 6.45) is 0. The Bertz CT molecular complexity index is 410. The molecule has 1 aromatic carbocycles. The van der Waals surface area contributed by atoms with Crippen LogP contribution >= 0.6 is 11.7 Å². The van der Waals surface area contributed by atoms with Gasteiger partial charge in [-0.1, -0.05) is 17.7 Å². The zero-order valence-electron chi connectivity index (χ0n) is 7.83. The van der Waals surface area contributed by atoms with E-state index in [2.05, 4.69) is 11.7 Å².